The second-order valence-electron chi connectivity index (χ2n) is 4.10. The Labute approximate surface area is 125 Å². The summed E-state index contributed by atoms with van der Waals surface area (Å²) in [6.07, 6.45) is 0. The molecule has 2 aromatic carbocycles. The molecule has 2 rings (SSSR count). The van der Waals surface area contributed by atoms with Crippen LogP contribution in [0.2, 0.25) is 5.02 Å². The van der Waals surface area contributed by atoms with Crippen LogP contribution in [0.1, 0.15) is 10.4 Å². The van der Waals surface area contributed by atoms with E-state index in [1.165, 1.54) is 25.3 Å². The Kier molecular flexibility index (Phi) is 4.39. The molecule has 0 atom stereocenters. The van der Waals surface area contributed by atoms with E-state index in [1.807, 2.05) is 0 Å². The van der Waals surface area contributed by atoms with Gasteiger partial charge in [-0.2, -0.15) is 0 Å². The number of carbonyl (C=O) groups is 1. The smallest absolute Gasteiger partial charge is 0.294 e. The molecule has 108 valence electrons. The number of anilines is 1. The number of methoxy groups -OCH3 is 1. The van der Waals surface area contributed by atoms with Crippen LogP contribution in [0.25, 0.3) is 0 Å². The number of hydrogen-bond acceptors (Lipinski definition) is 4. The van der Waals surface area contributed by atoms with E-state index in [-0.39, 0.29) is 16.4 Å². The number of benzene rings is 2. The normalized spacial score (nSPS) is 10.0. The summed E-state index contributed by atoms with van der Waals surface area (Å²) in [4.78, 5) is 22.4. The first-order valence-electron chi connectivity index (χ1n) is 5.90. The zero-order chi connectivity index (χ0) is 15.4. The zero-order valence-electron chi connectivity index (χ0n) is 11.0. The van der Waals surface area contributed by atoms with Crippen molar-refractivity contribution >= 4 is 28.9 Å². The number of hydrogen-bond donors (Lipinski definition) is 1. The van der Waals surface area contributed by atoms with Crippen LogP contribution in [0.15, 0.2) is 42.5 Å². The molecule has 6 nitrogen and oxygen atoms in total. The van der Waals surface area contributed by atoms with E-state index in [4.69, 9.17) is 16.3 Å². The van der Waals surface area contributed by atoms with Crippen LogP contribution in [-0.2, 0) is 0 Å². The van der Waals surface area contributed by atoms with Gasteiger partial charge in [-0.3, -0.25) is 14.9 Å². The summed E-state index contributed by atoms with van der Waals surface area (Å²) in [5.41, 5.74) is 0.189. The topological polar surface area (TPSA) is 81.5 Å². The van der Waals surface area contributed by atoms with E-state index in [0.29, 0.717) is 11.3 Å². The van der Waals surface area contributed by atoms with Crippen molar-refractivity contribution in [1.82, 2.24) is 0 Å². The molecule has 0 bridgehead atoms. The molecular weight excluding hydrogens is 296 g/mol. The highest BCUT2D eigenvalue weighted by molar-refractivity contribution is 6.31. The van der Waals surface area contributed by atoms with E-state index in [1.54, 1.807) is 24.3 Å². The fourth-order valence-electron chi connectivity index (χ4n) is 1.70. The molecule has 1 N–H and O–H groups in total. The molecule has 0 radical (unpaired) electrons. The van der Waals surface area contributed by atoms with E-state index < -0.39 is 10.8 Å². The number of nitrogens with one attached hydrogen (secondary N) is 1. The maximum atomic E-state index is 12.1. The fourth-order valence-corrected chi connectivity index (χ4v) is 1.86. The van der Waals surface area contributed by atoms with Gasteiger partial charge in [-0.25, -0.2) is 0 Å². The van der Waals surface area contributed by atoms with Crippen LogP contribution in [0.3, 0.4) is 0 Å². The number of rotatable bonds is 4. The molecule has 0 unspecified atom stereocenters. The highest BCUT2D eigenvalue weighted by Gasteiger charge is 2.17. The Hall–Kier alpha value is -2.60. The van der Waals surface area contributed by atoms with Gasteiger partial charge in [-0.15, -0.1) is 0 Å². The molecule has 0 aliphatic carbocycles. The molecule has 0 saturated carbocycles. The van der Waals surface area contributed by atoms with E-state index in [0.717, 1.165) is 0 Å². The minimum atomic E-state index is -0.602. The fraction of sp³-hybridized carbons (Fsp3) is 0.0714. The molecule has 0 aromatic heterocycles. The first kappa shape index (κ1) is 14.8. The third kappa shape index (κ3) is 3.49. The minimum absolute atomic E-state index is 0.0882. The monoisotopic (exact) mass is 306 g/mol. The van der Waals surface area contributed by atoms with Crippen molar-refractivity contribution in [1.29, 1.82) is 0 Å². The predicted octanol–water partition coefficient (Wildman–Crippen LogP) is 3.51. The van der Waals surface area contributed by atoms with Gasteiger partial charge in [0.1, 0.15) is 11.4 Å². The minimum Gasteiger partial charge on any atom is -0.497 e. The SMILES string of the molecule is COc1ccc(C(=O)Nc2ccc(Cl)cc2[N+](=O)[O-])cc1. The van der Waals surface area contributed by atoms with Crippen molar-refractivity contribution in [3.63, 3.8) is 0 Å². The van der Waals surface area contributed by atoms with E-state index in [2.05, 4.69) is 5.32 Å². The second kappa shape index (κ2) is 6.23. The molecule has 0 aliphatic heterocycles. The zero-order valence-corrected chi connectivity index (χ0v) is 11.8. The maximum absolute atomic E-state index is 12.1. The van der Waals surface area contributed by atoms with Crippen molar-refractivity contribution in [2.24, 2.45) is 0 Å². The highest BCUT2D eigenvalue weighted by Crippen LogP contribution is 2.28. The van der Waals surface area contributed by atoms with Gasteiger partial charge < -0.3 is 10.1 Å². The molecule has 0 saturated heterocycles. The third-order valence-corrected chi connectivity index (χ3v) is 2.99. The summed E-state index contributed by atoms with van der Waals surface area (Å²) in [5.74, 6) is 0.159. The second-order valence-corrected chi connectivity index (χ2v) is 4.54. The van der Waals surface area contributed by atoms with Gasteiger partial charge in [-0.05, 0) is 36.4 Å². The lowest BCUT2D eigenvalue weighted by Gasteiger charge is -2.07. The van der Waals surface area contributed by atoms with Crippen molar-refractivity contribution in [3.05, 3.63) is 63.2 Å². The van der Waals surface area contributed by atoms with E-state index in [9.17, 15) is 14.9 Å². The Balaban J connectivity index is 2.24. The Morgan fingerprint density at radius 2 is 1.90 bits per heavy atom. The summed E-state index contributed by atoms with van der Waals surface area (Å²) < 4.78 is 5.00. The van der Waals surface area contributed by atoms with Crippen LogP contribution in [0.5, 0.6) is 5.75 Å². The van der Waals surface area contributed by atoms with Crippen molar-refractivity contribution in [2.45, 2.75) is 0 Å². The number of nitrogens with zero attached hydrogens (tertiary/aromatic N) is 1. The first-order chi connectivity index (χ1) is 10.0. The molecular formula is C14H11ClN2O4. The quantitative estimate of drug-likeness (QED) is 0.692. The summed E-state index contributed by atoms with van der Waals surface area (Å²) in [7, 11) is 1.52. The summed E-state index contributed by atoms with van der Waals surface area (Å²) >= 11 is 5.72. The lowest BCUT2D eigenvalue weighted by Crippen LogP contribution is -2.13. The lowest BCUT2D eigenvalue weighted by molar-refractivity contribution is -0.383. The van der Waals surface area contributed by atoms with Gasteiger partial charge >= 0.3 is 0 Å². The molecule has 0 spiro atoms. The van der Waals surface area contributed by atoms with Crippen molar-refractivity contribution in [3.8, 4) is 5.75 Å². The van der Waals surface area contributed by atoms with Crippen LogP contribution in [-0.4, -0.2) is 17.9 Å². The number of carbonyl (C=O) groups excluding carboxylic acids is 1. The molecule has 7 heteroatoms. The highest BCUT2D eigenvalue weighted by atomic mass is 35.5. The number of nitro groups is 1. The first-order valence-corrected chi connectivity index (χ1v) is 6.28. The molecule has 0 heterocycles. The van der Waals surface area contributed by atoms with Gasteiger partial charge in [0.05, 0.1) is 12.0 Å². The Morgan fingerprint density at radius 1 is 1.24 bits per heavy atom. The Bertz CT molecular complexity index is 686. The molecule has 21 heavy (non-hydrogen) atoms. The number of ether oxygens (including phenoxy) is 1. The largest absolute Gasteiger partial charge is 0.497 e. The predicted molar refractivity (Wildman–Crippen MR) is 79.1 cm³/mol. The van der Waals surface area contributed by atoms with Crippen molar-refractivity contribution in [2.75, 3.05) is 12.4 Å². The summed E-state index contributed by atoms with van der Waals surface area (Å²) in [5, 5.41) is 13.7. The third-order valence-electron chi connectivity index (χ3n) is 2.76. The van der Waals surface area contributed by atoms with Gasteiger partial charge in [0, 0.05) is 16.7 Å². The maximum Gasteiger partial charge on any atom is 0.294 e. The van der Waals surface area contributed by atoms with Gasteiger partial charge in [0.25, 0.3) is 11.6 Å². The summed E-state index contributed by atoms with van der Waals surface area (Å²) in [6, 6.07) is 10.4. The van der Waals surface area contributed by atoms with E-state index >= 15 is 0 Å². The molecule has 2 aromatic rings. The molecule has 0 fully saturated rings. The molecule has 0 aliphatic rings. The van der Waals surface area contributed by atoms with Crippen LogP contribution in [0.4, 0.5) is 11.4 Å². The average molecular weight is 307 g/mol. The number of halogens is 1. The lowest BCUT2D eigenvalue weighted by atomic mass is 10.2. The van der Waals surface area contributed by atoms with Gasteiger partial charge in [0.15, 0.2) is 0 Å². The Morgan fingerprint density at radius 3 is 2.48 bits per heavy atom. The summed E-state index contributed by atoms with van der Waals surface area (Å²) in [6.45, 7) is 0. The average Bonchev–Trinajstić information content (AvgIpc) is 2.49. The van der Waals surface area contributed by atoms with Gasteiger partial charge in [-0.1, -0.05) is 11.6 Å². The van der Waals surface area contributed by atoms with Crippen LogP contribution >= 0.6 is 11.6 Å². The van der Waals surface area contributed by atoms with Crippen molar-refractivity contribution < 1.29 is 14.5 Å². The number of amides is 1. The standard InChI is InChI=1S/C14H11ClN2O4/c1-21-11-5-2-9(3-6-11)14(18)16-12-7-4-10(15)8-13(12)17(19)20/h2-8H,1H3,(H,16,18). The molecule has 1 amide bonds. The van der Waals surface area contributed by atoms with Gasteiger partial charge in [0.2, 0.25) is 0 Å². The van der Waals surface area contributed by atoms with Crippen LogP contribution in [0, 0.1) is 10.1 Å². The number of nitro benzene ring substituents is 1. The van der Waals surface area contributed by atoms with Crippen LogP contribution < -0.4 is 10.1 Å².